The van der Waals surface area contributed by atoms with Gasteiger partial charge in [0.25, 0.3) is 11.7 Å². The van der Waals surface area contributed by atoms with Crippen LogP contribution >= 0.6 is 0 Å². The van der Waals surface area contributed by atoms with Gasteiger partial charge in [-0.05, 0) is 66.4 Å². The smallest absolute Gasteiger partial charge is 0.300 e. The van der Waals surface area contributed by atoms with Crippen LogP contribution in [-0.4, -0.2) is 23.4 Å². The van der Waals surface area contributed by atoms with E-state index >= 15 is 0 Å². The molecule has 1 amide bonds. The summed E-state index contributed by atoms with van der Waals surface area (Å²) in [5, 5.41) is 11.2. The van der Waals surface area contributed by atoms with Gasteiger partial charge in [0.15, 0.2) is 0 Å². The molecule has 0 spiro atoms. The first-order chi connectivity index (χ1) is 15.5. The molecule has 1 N–H and O–H groups in total. The average molecular weight is 429 g/mol. The van der Waals surface area contributed by atoms with Gasteiger partial charge in [-0.2, -0.15) is 0 Å². The fraction of sp³-hybridized carbons (Fsp3) is 0.154. The number of nitrogens with zero attached hydrogens (tertiary/aromatic N) is 1. The number of Topliss-reactive ketones (excluding diaryl/α,β-unsaturated/α-hetero) is 1. The number of carbonyl (C=O) groups excluding carboxylic acids is 2. The zero-order valence-corrected chi connectivity index (χ0v) is 17.1. The average Bonchev–Trinajstić information content (AvgIpc) is 3.10. The fourth-order valence-corrected chi connectivity index (χ4v) is 4.31. The molecule has 1 unspecified atom stereocenters. The van der Waals surface area contributed by atoms with E-state index < -0.39 is 23.5 Å². The molecule has 5 rings (SSSR count). The molecule has 0 saturated carbocycles. The fourth-order valence-electron chi connectivity index (χ4n) is 4.31. The van der Waals surface area contributed by atoms with Crippen molar-refractivity contribution in [1.29, 1.82) is 0 Å². The van der Waals surface area contributed by atoms with Crippen LogP contribution in [0.3, 0.4) is 0 Å². The quantitative estimate of drug-likeness (QED) is 0.370. The third-order valence-corrected chi connectivity index (χ3v) is 5.85. The Hall–Kier alpha value is -3.93. The highest BCUT2D eigenvalue weighted by atomic mass is 19.1. The number of anilines is 1. The highest BCUT2D eigenvalue weighted by molar-refractivity contribution is 6.51. The number of aryl methyl sites for hydroxylation is 1. The molecular weight excluding hydrogens is 409 g/mol. The summed E-state index contributed by atoms with van der Waals surface area (Å²) in [5.41, 5.74) is 2.44. The lowest BCUT2D eigenvalue weighted by molar-refractivity contribution is -0.132. The zero-order valence-electron chi connectivity index (χ0n) is 17.1. The lowest BCUT2D eigenvalue weighted by Crippen LogP contribution is -2.29. The van der Waals surface area contributed by atoms with Gasteiger partial charge >= 0.3 is 0 Å². The van der Waals surface area contributed by atoms with E-state index in [-0.39, 0.29) is 11.3 Å². The Morgan fingerprint density at radius 3 is 2.50 bits per heavy atom. The summed E-state index contributed by atoms with van der Waals surface area (Å²) in [4.78, 5) is 27.5. The second-order valence-corrected chi connectivity index (χ2v) is 7.83. The molecule has 32 heavy (non-hydrogen) atoms. The second-order valence-electron chi connectivity index (χ2n) is 7.83. The number of fused-ring (bicyclic) bond motifs is 1. The number of hydrogen-bond donors (Lipinski definition) is 1. The van der Waals surface area contributed by atoms with Crippen molar-refractivity contribution in [2.24, 2.45) is 0 Å². The lowest BCUT2D eigenvalue weighted by atomic mass is 9.94. The van der Waals surface area contributed by atoms with E-state index in [1.807, 2.05) is 6.07 Å². The van der Waals surface area contributed by atoms with Crippen LogP contribution in [0.15, 0.2) is 78.4 Å². The highest BCUT2D eigenvalue weighted by Gasteiger charge is 2.46. The summed E-state index contributed by atoms with van der Waals surface area (Å²) in [6.07, 6.45) is 1.68. The van der Waals surface area contributed by atoms with E-state index in [0.29, 0.717) is 23.4 Å². The Morgan fingerprint density at radius 2 is 1.75 bits per heavy atom. The highest BCUT2D eigenvalue weighted by Crippen LogP contribution is 2.42. The maximum absolute atomic E-state index is 13.5. The van der Waals surface area contributed by atoms with Gasteiger partial charge in [0.1, 0.15) is 17.3 Å². The minimum absolute atomic E-state index is 0.00204. The summed E-state index contributed by atoms with van der Waals surface area (Å²) in [6.45, 7) is 0.648. The molecule has 0 radical (unpaired) electrons. The molecule has 1 atom stereocenters. The summed E-state index contributed by atoms with van der Waals surface area (Å²) in [7, 11) is 0. The maximum Gasteiger partial charge on any atom is 0.300 e. The first kappa shape index (κ1) is 20.0. The van der Waals surface area contributed by atoms with Gasteiger partial charge in [0, 0.05) is 11.3 Å². The maximum atomic E-state index is 13.5. The second kappa shape index (κ2) is 7.96. The standard InChI is InChI=1S/C26H20FNO4/c27-19-9-11-20(12-10-19)28-23(16-5-2-1-3-6-16)22(25(30)26(28)31)24(29)18-8-13-21-17(15-18)7-4-14-32-21/h1-3,5-6,8-13,15,23,29H,4,7,14H2/b24-22-. The van der Waals surface area contributed by atoms with Gasteiger partial charge in [-0.1, -0.05) is 30.3 Å². The molecule has 0 aliphatic carbocycles. The van der Waals surface area contributed by atoms with Crippen LogP contribution in [0, 0.1) is 5.82 Å². The van der Waals surface area contributed by atoms with Crippen LogP contribution in [0.4, 0.5) is 10.1 Å². The van der Waals surface area contributed by atoms with Crippen molar-refractivity contribution in [2.45, 2.75) is 18.9 Å². The monoisotopic (exact) mass is 429 g/mol. The number of rotatable bonds is 3. The molecule has 6 heteroatoms. The molecular formula is C26H20FNO4. The van der Waals surface area contributed by atoms with E-state index in [2.05, 4.69) is 0 Å². The largest absolute Gasteiger partial charge is 0.507 e. The minimum Gasteiger partial charge on any atom is -0.507 e. The molecule has 1 saturated heterocycles. The Bertz CT molecular complexity index is 1230. The molecule has 0 aromatic heterocycles. The van der Waals surface area contributed by atoms with Crippen LogP contribution in [0.5, 0.6) is 5.75 Å². The SMILES string of the molecule is O=C1C(=O)N(c2ccc(F)cc2)C(c2ccccc2)/C1=C(/O)c1ccc2c(c1)CCCO2. The number of halogens is 1. The van der Waals surface area contributed by atoms with Crippen LogP contribution in [-0.2, 0) is 16.0 Å². The third-order valence-electron chi connectivity index (χ3n) is 5.85. The van der Waals surface area contributed by atoms with Gasteiger partial charge < -0.3 is 9.84 Å². The van der Waals surface area contributed by atoms with E-state index in [9.17, 15) is 19.1 Å². The van der Waals surface area contributed by atoms with Crippen LogP contribution in [0.1, 0.15) is 29.2 Å². The van der Waals surface area contributed by atoms with Crippen LogP contribution in [0.25, 0.3) is 5.76 Å². The summed E-state index contributed by atoms with van der Waals surface area (Å²) >= 11 is 0. The van der Waals surface area contributed by atoms with Crippen molar-refractivity contribution in [3.05, 3.63) is 101 Å². The molecule has 160 valence electrons. The lowest BCUT2D eigenvalue weighted by Gasteiger charge is -2.25. The first-order valence-corrected chi connectivity index (χ1v) is 10.4. The Balaban J connectivity index is 1.68. The van der Waals surface area contributed by atoms with Crippen molar-refractivity contribution in [3.63, 3.8) is 0 Å². The predicted molar refractivity (Wildman–Crippen MR) is 118 cm³/mol. The topological polar surface area (TPSA) is 66.8 Å². The number of hydrogen-bond acceptors (Lipinski definition) is 4. The number of carbonyl (C=O) groups is 2. The summed E-state index contributed by atoms with van der Waals surface area (Å²) in [5.74, 6) is -1.48. The summed E-state index contributed by atoms with van der Waals surface area (Å²) < 4.78 is 19.1. The van der Waals surface area contributed by atoms with Crippen LogP contribution in [0.2, 0.25) is 0 Å². The number of benzene rings is 3. The van der Waals surface area contributed by atoms with Gasteiger partial charge in [0.05, 0.1) is 18.2 Å². The zero-order chi connectivity index (χ0) is 22.2. The van der Waals surface area contributed by atoms with E-state index in [4.69, 9.17) is 4.74 Å². The Morgan fingerprint density at radius 1 is 1.00 bits per heavy atom. The van der Waals surface area contributed by atoms with Crippen molar-refractivity contribution < 1.29 is 23.8 Å². The normalized spacial score (nSPS) is 19.5. The third kappa shape index (κ3) is 3.34. The van der Waals surface area contributed by atoms with Crippen LogP contribution < -0.4 is 9.64 Å². The molecule has 3 aromatic rings. The number of ketones is 1. The Kier molecular flexibility index (Phi) is 4.98. The van der Waals surface area contributed by atoms with Crippen molar-refractivity contribution in [3.8, 4) is 5.75 Å². The molecule has 2 aliphatic heterocycles. The predicted octanol–water partition coefficient (Wildman–Crippen LogP) is 4.78. The van der Waals surface area contributed by atoms with E-state index in [1.165, 1.54) is 29.2 Å². The van der Waals surface area contributed by atoms with Crippen molar-refractivity contribution in [2.75, 3.05) is 11.5 Å². The van der Waals surface area contributed by atoms with Gasteiger partial charge in [0.2, 0.25) is 0 Å². The van der Waals surface area contributed by atoms with Crippen molar-refractivity contribution in [1.82, 2.24) is 0 Å². The summed E-state index contributed by atoms with van der Waals surface area (Å²) in [6, 6.07) is 18.8. The van der Waals surface area contributed by atoms with Gasteiger partial charge in [-0.3, -0.25) is 14.5 Å². The number of ether oxygens (including phenoxy) is 1. The number of aliphatic hydroxyl groups is 1. The van der Waals surface area contributed by atoms with E-state index in [0.717, 1.165) is 24.2 Å². The molecule has 1 fully saturated rings. The van der Waals surface area contributed by atoms with Gasteiger partial charge in [-0.25, -0.2) is 4.39 Å². The molecule has 2 heterocycles. The van der Waals surface area contributed by atoms with E-state index in [1.54, 1.807) is 42.5 Å². The minimum atomic E-state index is -0.839. The molecule has 2 aliphatic rings. The number of aliphatic hydroxyl groups excluding tert-OH is 1. The number of amides is 1. The molecule has 0 bridgehead atoms. The Labute approximate surface area is 184 Å². The first-order valence-electron chi connectivity index (χ1n) is 10.4. The van der Waals surface area contributed by atoms with Crippen molar-refractivity contribution >= 4 is 23.1 Å². The molecule has 5 nitrogen and oxygen atoms in total. The van der Waals surface area contributed by atoms with Gasteiger partial charge in [-0.15, -0.1) is 0 Å². The molecule has 3 aromatic carbocycles.